The van der Waals surface area contributed by atoms with E-state index >= 15 is 0 Å². The number of terminal acetylenes is 1. The predicted octanol–water partition coefficient (Wildman–Crippen LogP) is 1.48. The Hall–Kier alpha value is -2.62. The molecule has 0 aromatic carbocycles. The maximum absolute atomic E-state index is 10.8. The summed E-state index contributed by atoms with van der Waals surface area (Å²) in [6.07, 6.45) is 6.16. The number of rotatable bonds is 4. The Morgan fingerprint density at radius 2 is 2.28 bits per heavy atom. The second kappa shape index (κ2) is 4.71. The number of hydrogen-bond acceptors (Lipinski definition) is 5. The van der Waals surface area contributed by atoms with E-state index in [9.17, 15) is 14.9 Å². The molecule has 0 radical (unpaired) electrons. The summed E-state index contributed by atoms with van der Waals surface area (Å²) in [4.78, 5) is 24.3. The average Bonchev–Trinajstić information content (AvgIpc) is 2.28. The number of aromatic nitrogens is 1. The van der Waals surface area contributed by atoms with Crippen LogP contribution in [0.15, 0.2) is 12.3 Å². The highest BCUT2D eigenvalue weighted by molar-refractivity contribution is 5.88. The van der Waals surface area contributed by atoms with Gasteiger partial charge >= 0.3 is 11.7 Å². The van der Waals surface area contributed by atoms with E-state index in [0.29, 0.717) is 0 Å². The van der Waals surface area contributed by atoms with Gasteiger partial charge in [0.05, 0.1) is 10.5 Å². The van der Waals surface area contributed by atoms with Crippen LogP contribution in [0.4, 0.5) is 5.69 Å². The molecule has 0 saturated carbocycles. The minimum Gasteiger partial charge on any atom is -0.478 e. The summed E-state index contributed by atoms with van der Waals surface area (Å²) < 4.78 is 5.20. The van der Waals surface area contributed by atoms with Crippen molar-refractivity contribution in [1.29, 1.82) is 0 Å². The molecule has 94 valence electrons. The third-order valence-corrected chi connectivity index (χ3v) is 1.98. The number of carbonyl (C=O) groups is 1. The van der Waals surface area contributed by atoms with E-state index in [-0.39, 0.29) is 11.4 Å². The van der Waals surface area contributed by atoms with Gasteiger partial charge in [-0.15, -0.1) is 6.42 Å². The number of carboxylic acid groups (broad SMARTS) is 1. The van der Waals surface area contributed by atoms with E-state index in [1.807, 2.05) is 0 Å². The molecule has 1 rings (SSSR count). The molecule has 0 amide bonds. The third-order valence-electron chi connectivity index (χ3n) is 1.98. The zero-order valence-electron chi connectivity index (χ0n) is 9.71. The second-order valence-electron chi connectivity index (χ2n) is 3.87. The number of ether oxygens (including phenoxy) is 1. The summed E-state index contributed by atoms with van der Waals surface area (Å²) in [6.45, 7) is 3.06. The molecule has 1 heterocycles. The van der Waals surface area contributed by atoms with Crippen LogP contribution >= 0.6 is 0 Å². The molecule has 0 atom stereocenters. The first kappa shape index (κ1) is 13.4. The Morgan fingerprint density at radius 3 is 2.72 bits per heavy atom. The SMILES string of the molecule is C#CC(C)(C)Oc1ncc(C(=O)O)cc1[N+](=O)[O-]. The van der Waals surface area contributed by atoms with Crippen molar-refractivity contribution in [3.8, 4) is 18.2 Å². The van der Waals surface area contributed by atoms with Crippen molar-refractivity contribution in [2.45, 2.75) is 19.4 Å². The Balaban J connectivity index is 3.25. The van der Waals surface area contributed by atoms with Crippen molar-refractivity contribution < 1.29 is 19.6 Å². The molecule has 0 bridgehead atoms. The Labute approximate surface area is 103 Å². The maximum atomic E-state index is 10.8. The van der Waals surface area contributed by atoms with Crippen LogP contribution in [0.25, 0.3) is 0 Å². The van der Waals surface area contributed by atoms with Crippen LogP contribution in [-0.2, 0) is 0 Å². The zero-order valence-corrected chi connectivity index (χ0v) is 9.71. The molecule has 0 fully saturated rings. The fourth-order valence-electron chi connectivity index (χ4n) is 1.04. The van der Waals surface area contributed by atoms with Crippen molar-refractivity contribution in [2.24, 2.45) is 0 Å². The van der Waals surface area contributed by atoms with Crippen molar-refractivity contribution >= 4 is 11.7 Å². The first-order valence-electron chi connectivity index (χ1n) is 4.81. The zero-order chi connectivity index (χ0) is 13.9. The van der Waals surface area contributed by atoms with Crippen LogP contribution in [0.3, 0.4) is 0 Å². The van der Waals surface area contributed by atoms with Crippen LogP contribution < -0.4 is 4.74 Å². The fourth-order valence-corrected chi connectivity index (χ4v) is 1.04. The lowest BCUT2D eigenvalue weighted by molar-refractivity contribution is -0.386. The van der Waals surface area contributed by atoms with Gasteiger partial charge in [0.15, 0.2) is 5.60 Å². The van der Waals surface area contributed by atoms with Gasteiger partial charge in [-0.1, -0.05) is 5.92 Å². The molecular formula is C11H10N2O5. The number of nitrogens with zero attached hydrogens (tertiary/aromatic N) is 2. The van der Waals surface area contributed by atoms with Gasteiger partial charge in [-0.05, 0) is 13.8 Å². The number of pyridine rings is 1. The highest BCUT2D eigenvalue weighted by Crippen LogP contribution is 2.28. The lowest BCUT2D eigenvalue weighted by atomic mass is 10.1. The van der Waals surface area contributed by atoms with Gasteiger partial charge in [-0.2, -0.15) is 0 Å². The lowest BCUT2D eigenvalue weighted by Gasteiger charge is -2.18. The molecule has 0 spiro atoms. The van der Waals surface area contributed by atoms with Crippen LogP contribution in [0.1, 0.15) is 24.2 Å². The topological polar surface area (TPSA) is 103 Å². The average molecular weight is 250 g/mol. The Bertz CT molecular complexity index is 545. The second-order valence-corrected chi connectivity index (χ2v) is 3.87. The lowest BCUT2D eigenvalue weighted by Crippen LogP contribution is -2.26. The fraction of sp³-hybridized carbons (Fsp3) is 0.273. The number of carboxylic acids is 1. The summed E-state index contributed by atoms with van der Waals surface area (Å²) >= 11 is 0. The summed E-state index contributed by atoms with van der Waals surface area (Å²) in [6, 6.07) is 0.872. The highest BCUT2D eigenvalue weighted by atomic mass is 16.6. The molecule has 1 N–H and O–H groups in total. The molecule has 18 heavy (non-hydrogen) atoms. The van der Waals surface area contributed by atoms with Crippen LogP contribution in [0.2, 0.25) is 0 Å². The van der Waals surface area contributed by atoms with Crippen LogP contribution in [0, 0.1) is 22.5 Å². The molecular weight excluding hydrogens is 240 g/mol. The van der Waals surface area contributed by atoms with E-state index in [1.165, 1.54) is 13.8 Å². The summed E-state index contributed by atoms with van der Waals surface area (Å²) in [7, 11) is 0. The molecule has 0 unspecified atom stereocenters. The molecule has 1 aromatic heterocycles. The molecule has 1 aromatic rings. The van der Waals surface area contributed by atoms with Gasteiger partial charge in [-0.3, -0.25) is 10.1 Å². The smallest absolute Gasteiger partial charge is 0.337 e. The first-order valence-corrected chi connectivity index (χ1v) is 4.81. The van der Waals surface area contributed by atoms with Gasteiger partial charge in [0.25, 0.3) is 5.88 Å². The Kier molecular flexibility index (Phi) is 3.52. The first-order chi connectivity index (χ1) is 8.26. The van der Waals surface area contributed by atoms with Gasteiger partial charge in [0.1, 0.15) is 0 Å². The molecule has 0 aliphatic rings. The van der Waals surface area contributed by atoms with E-state index in [4.69, 9.17) is 16.3 Å². The van der Waals surface area contributed by atoms with Gasteiger partial charge in [0, 0.05) is 12.3 Å². The molecule has 0 saturated heterocycles. The van der Waals surface area contributed by atoms with Gasteiger partial charge in [-0.25, -0.2) is 9.78 Å². The third kappa shape index (κ3) is 2.95. The summed E-state index contributed by atoms with van der Waals surface area (Å²) in [5.74, 6) is 0.668. The minimum absolute atomic E-state index is 0.299. The van der Waals surface area contributed by atoms with Gasteiger partial charge < -0.3 is 9.84 Å². The van der Waals surface area contributed by atoms with Crippen LogP contribution in [-0.4, -0.2) is 26.6 Å². The molecule has 7 nitrogen and oxygen atoms in total. The van der Waals surface area contributed by atoms with Gasteiger partial charge in [0.2, 0.25) is 0 Å². The monoisotopic (exact) mass is 250 g/mol. The maximum Gasteiger partial charge on any atom is 0.337 e. The highest BCUT2D eigenvalue weighted by Gasteiger charge is 2.25. The van der Waals surface area contributed by atoms with Crippen molar-refractivity contribution in [3.63, 3.8) is 0 Å². The normalized spacial score (nSPS) is 10.5. The number of aromatic carboxylic acids is 1. The largest absolute Gasteiger partial charge is 0.478 e. The summed E-state index contributed by atoms with van der Waals surface area (Å²) in [5, 5.41) is 19.5. The minimum atomic E-state index is -1.31. The van der Waals surface area contributed by atoms with E-state index in [2.05, 4.69) is 10.9 Å². The number of hydrogen-bond donors (Lipinski definition) is 1. The quantitative estimate of drug-likeness (QED) is 0.493. The molecule has 0 aliphatic heterocycles. The standard InChI is InChI=1S/C11H10N2O5/c1-4-11(2,3)18-9-8(13(16)17)5-7(6-12-9)10(14)15/h1,5-6H,2-3H3,(H,14,15). The predicted molar refractivity (Wildman–Crippen MR) is 61.4 cm³/mol. The van der Waals surface area contributed by atoms with Crippen molar-refractivity contribution in [2.75, 3.05) is 0 Å². The van der Waals surface area contributed by atoms with Crippen LogP contribution in [0.5, 0.6) is 5.88 Å². The summed E-state index contributed by atoms with van der Waals surface area (Å²) in [5.41, 5.74) is -1.92. The molecule has 7 heteroatoms. The number of nitro groups is 1. The van der Waals surface area contributed by atoms with E-state index in [1.54, 1.807) is 0 Å². The van der Waals surface area contributed by atoms with Crippen molar-refractivity contribution in [3.05, 3.63) is 27.9 Å². The van der Waals surface area contributed by atoms with E-state index < -0.39 is 22.2 Å². The molecule has 0 aliphatic carbocycles. The van der Waals surface area contributed by atoms with Crippen molar-refractivity contribution in [1.82, 2.24) is 4.98 Å². The van der Waals surface area contributed by atoms with E-state index in [0.717, 1.165) is 12.3 Å². The Morgan fingerprint density at radius 1 is 1.67 bits per heavy atom.